The zero-order valence-corrected chi connectivity index (χ0v) is 31.6. The number of primary amides is 1. The van der Waals surface area contributed by atoms with Crippen LogP contribution in [0.5, 0.6) is 0 Å². The summed E-state index contributed by atoms with van der Waals surface area (Å²) < 4.78 is 10.9. The van der Waals surface area contributed by atoms with E-state index in [4.69, 9.17) is 32.4 Å². The molecule has 3 aliphatic heterocycles. The van der Waals surface area contributed by atoms with E-state index in [1.807, 2.05) is 0 Å². The van der Waals surface area contributed by atoms with Crippen molar-refractivity contribution in [2.75, 3.05) is 32.8 Å². The Balaban J connectivity index is 1.51. The number of β-amino-alcohol motifs (C(OH)–C–C–N with tert-alkyl or cyclic N) is 1. The summed E-state index contributed by atoms with van der Waals surface area (Å²) in [5.41, 5.74) is 22.7. The molecule has 3 aliphatic rings. The van der Waals surface area contributed by atoms with Crippen LogP contribution in [-0.4, -0.2) is 157 Å². The second-order valence-electron chi connectivity index (χ2n) is 14.3. The van der Waals surface area contributed by atoms with E-state index in [0.29, 0.717) is 38.8 Å². The van der Waals surface area contributed by atoms with Crippen LogP contribution in [0, 0.1) is 0 Å². The van der Waals surface area contributed by atoms with Crippen molar-refractivity contribution in [2.45, 2.75) is 132 Å². The number of piperidine rings is 1. The molecule has 6 amide bonds. The smallest absolute Gasteiger partial charge is 0.404 e. The van der Waals surface area contributed by atoms with Crippen molar-refractivity contribution in [2.24, 2.45) is 27.9 Å². The second-order valence-corrected chi connectivity index (χ2v) is 14.3. The fraction of sp³-hybridized carbons (Fsp3) is 0.788. The van der Waals surface area contributed by atoms with Crippen molar-refractivity contribution in [1.82, 2.24) is 37.2 Å². The number of hydrogen-bond acceptors (Lipinski definition) is 17. The molecule has 0 aromatic heterocycles. The minimum atomic E-state index is -1.68. The predicted octanol–water partition coefficient (Wildman–Crippen LogP) is -6.35. The summed E-state index contributed by atoms with van der Waals surface area (Å²) >= 11 is 0. The van der Waals surface area contributed by atoms with Gasteiger partial charge in [-0.25, -0.2) is 9.79 Å². The molecule has 318 valence electrons. The van der Waals surface area contributed by atoms with Crippen LogP contribution < -0.4 is 60.2 Å². The van der Waals surface area contributed by atoms with Crippen molar-refractivity contribution in [3.05, 3.63) is 0 Å². The van der Waals surface area contributed by atoms with Gasteiger partial charge in [0.05, 0.1) is 18.8 Å². The van der Waals surface area contributed by atoms with Crippen LogP contribution in [0.1, 0.15) is 64.7 Å². The molecule has 3 heterocycles. The highest BCUT2D eigenvalue weighted by Crippen LogP contribution is 2.24. The third-order valence-corrected chi connectivity index (χ3v) is 9.48. The fourth-order valence-corrected chi connectivity index (χ4v) is 6.69. The Kier molecular flexibility index (Phi) is 18.9. The van der Waals surface area contributed by atoms with Crippen molar-refractivity contribution < 1.29 is 53.6 Å². The molecule has 0 bridgehead atoms. The molecule has 0 saturated carbocycles. The third-order valence-electron chi connectivity index (χ3n) is 9.48. The topological polar surface area (TPSA) is 382 Å². The second kappa shape index (κ2) is 23.0. The van der Waals surface area contributed by atoms with Crippen LogP contribution in [0.2, 0.25) is 0 Å². The number of nitrogens with zero attached hydrogens (tertiary/aromatic N) is 1. The first-order valence-electron chi connectivity index (χ1n) is 18.9. The molecule has 11 atom stereocenters. The van der Waals surface area contributed by atoms with Crippen molar-refractivity contribution >= 4 is 41.6 Å². The average Bonchev–Trinajstić information content (AvgIpc) is 3.56. The number of fused-ring (bicyclic) bond motifs is 1. The van der Waals surface area contributed by atoms with Crippen LogP contribution in [0.25, 0.3) is 0 Å². The van der Waals surface area contributed by atoms with Gasteiger partial charge in [0.1, 0.15) is 18.2 Å². The number of aliphatic hydroxyl groups is 3. The molecule has 18 N–H and O–H groups in total. The molecule has 0 aromatic carbocycles. The first kappa shape index (κ1) is 46.0. The summed E-state index contributed by atoms with van der Waals surface area (Å²) in [6.07, 6.45) is -4.88. The maximum atomic E-state index is 13.4. The van der Waals surface area contributed by atoms with E-state index in [2.05, 4.69) is 42.2 Å². The van der Waals surface area contributed by atoms with Crippen LogP contribution in [0.15, 0.2) is 4.99 Å². The Labute approximate surface area is 324 Å². The molecule has 2 fully saturated rings. The van der Waals surface area contributed by atoms with E-state index in [9.17, 15) is 44.1 Å². The Morgan fingerprint density at radius 1 is 0.964 bits per heavy atom. The number of amides is 6. The minimum Gasteiger partial charge on any atom is -0.441 e. The van der Waals surface area contributed by atoms with Gasteiger partial charge < -0.3 is 84.9 Å². The van der Waals surface area contributed by atoms with Gasteiger partial charge in [-0.15, -0.1) is 0 Å². The molecule has 0 aromatic rings. The first-order valence-corrected chi connectivity index (χ1v) is 18.9. The molecule has 0 radical (unpaired) electrons. The van der Waals surface area contributed by atoms with Gasteiger partial charge in [-0.3, -0.25) is 24.0 Å². The van der Waals surface area contributed by atoms with Crippen molar-refractivity contribution in [1.29, 1.82) is 0 Å². The fourth-order valence-electron chi connectivity index (χ4n) is 6.69. The lowest BCUT2D eigenvalue weighted by Crippen LogP contribution is -2.70. The molecule has 56 heavy (non-hydrogen) atoms. The van der Waals surface area contributed by atoms with Gasteiger partial charge in [0.25, 0.3) is 0 Å². The highest BCUT2D eigenvalue weighted by molar-refractivity contribution is 5.92. The Bertz CT molecular complexity index is 1380. The molecular formula is C33H60N12O11. The van der Waals surface area contributed by atoms with E-state index in [1.54, 1.807) is 0 Å². The Morgan fingerprint density at radius 2 is 1.59 bits per heavy atom. The maximum absolute atomic E-state index is 13.4. The number of aliphatic hydroxyl groups excluding tert-OH is 3. The summed E-state index contributed by atoms with van der Waals surface area (Å²) in [5, 5.41) is 50.7. The number of hydrogen-bond donors (Lipinski definition) is 14. The van der Waals surface area contributed by atoms with Gasteiger partial charge in [-0.05, 0) is 45.1 Å². The number of carbonyl (C=O) groups excluding carboxylic acids is 6. The summed E-state index contributed by atoms with van der Waals surface area (Å²) in [6.45, 7) is 1.70. The van der Waals surface area contributed by atoms with Gasteiger partial charge in [-0.1, -0.05) is 0 Å². The summed E-state index contributed by atoms with van der Waals surface area (Å²) in [7, 11) is 0. The predicted molar refractivity (Wildman–Crippen MR) is 199 cm³/mol. The Morgan fingerprint density at radius 3 is 2.16 bits per heavy atom. The van der Waals surface area contributed by atoms with Crippen molar-refractivity contribution in [3.8, 4) is 0 Å². The van der Waals surface area contributed by atoms with Gasteiger partial charge in [0.15, 0.2) is 24.3 Å². The van der Waals surface area contributed by atoms with E-state index >= 15 is 0 Å². The highest BCUT2D eigenvalue weighted by atomic mass is 16.6. The average molecular weight is 801 g/mol. The molecule has 23 heteroatoms. The lowest BCUT2D eigenvalue weighted by atomic mass is 9.95. The van der Waals surface area contributed by atoms with Gasteiger partial charge in [-0.2, -0.15) is 0 Å². The van der Waals surface area contributed by atoms with Crippen LogP contribution in [0.3, 0.4) is 0 Å². The standard InChI is InChI=1S/C33H60N12O11/c1-16(47)41-19(7-4-10-39-23(50)12-18(36)6-3-9-38-22(49)11-17(35)5-2-8-34)13-24(51)42-27-28(52)29(56-32(37)54)21(15-46)55-31(27)45-33-43-25-20(48)14-40-30(53)26(25)44-33/h17-21,25-29,31,46,48,52H,2-15,34-36H2,1H3,(H2,37,54)(H,38,49)(H,39,50)(H,40,53)(H,41,47)(H,42,51)(H2,43,44,45)/t17-,18-,19-,20+,21+,25+,26+,27+,28-,29-,31+/m0/s1. The largest absolute Gasteiger partial charge is 0.441 e. The number of guanidine groups is 1. The first-order chi connectivity index (χ1) is 26.6. The normalized spacial score (nSPS) is 27.2. The third kappa shape index (κ3) is 14.9. The molecule has 0 unspecified atom stereocenters. The number of nitrogens with one attached hydrogen (secondary N) is 7. The van der Waals surface area contributed by atoms with Crippen LogP contribution in [0.4, 0.5) is 4.79 Å². The number of rotatable bonds is 22. The monoisotopic (exact) mass is 800 g/mol. The van der Waals surface area contributed by atoms with E-state index < -0.39 is 91.3 Å². The Hall–Kier alpha value is -4.39. The summed E-state index contributed by atoms with van der Waals surface area (Å²) in [5.74, 6) is -1.94. The zero-order chi connectivity index (χ0) is 41.4. The van der Waals surface area contributed by atoms with Crippen molar-refractivity contribution in [3.63, 3.8) is 0 Å². The lowest BCUT2D eigenvalue weighted by Gasteiger charge is -2.44. The van der Waals surface area contributed by atoms with Gasteiger partial charge >= 0.3 is 6.09 Å². The lowest BCUT2D eigenvalue weighted by molar-refractivity contribution is -0.198. The zero-order valence-electron chi connectivity index (χ0n) is 31.6. The van der Waals surface area contributed by atoms with E-state index in [1.165, 1.54) is 6.92 Å². The molecule has 23 nitrogen and oxygen atoms in total. The quantitative estimate of drug-likeness (QED) is 0.0453. The molecule has 0 spiro atoms. The van der Waals surface area contributed by atoms with Gasteiger partial charge in [0, 0.05) is 63.9 Å². The van der Waals surface area contributed by atoms with E-state index in [-0.39, 0.29) is 62.6 Å². The molecule has 2 saturated heterocycles. The molecule has 3 rings (SSSR count). The van der Waals surface area contributed by atoms with E-state index in [0.717, 1.165) is 6.42 Å². The number of nitrogens with two attached hydrogens (primary N) is 4. The number of aliphatic imine (C=N–C) groups is 1. The van der Waals surface area contributed by atoms with Crippen LogP contribution in [-0.2, 0) is 33.4 Å². The number of carbonyl (C=O) groups is 6. The molecular weight excluding hydrogens is 740 g/mol. The molecule has 0 aliphatic carbocycles. The SMILES string of the molecule is CC(=O)N[C@@H](CCCNC(=O)C[C@@H](N)CCCNC(=O)C[C@@H](N)CCCN)CC(=O)N[C@@H]1[C@H](O)[C@@H](OC(N)=O)[C@@H](CO)O[C@H]1NC1=N[C@H]2C(=O)NC[C@@H](O)[C@H]2N1. The van der Waals surface area contributed by atoms with Crippen LogP contribution >= 0.6 is 0 Å². The highest BCUT2D eigenvalue weighted by Gasteiger charge is 2.49. The number of ether oxygens (including phenoxy) is 2. The minimum absolute atomic E-state index is 0.00122. The summed E-state index contributed by atoms with van der Waals surface area (Å²) in [6, 6.07) is -4.47. The maximum Gasteiger partial charge on any atom is 0.404 e. The summed E-state index contributed by atoms with van der Waals surface area (Å²) in [4.78, 5) is 78.1. The van der Waals surface area contributed by atoms with Gasteiger partial charge in [0.2, 0.25) is 29.5 Å².